The molecule has 0 aliphatic carbocycles. The lowest BCUT2D eigenvalue weighted by Gasteiger charge is -2.14. The summed E-state index contributed by atoms with van der Waals surface area (Å²) in [6.45, 7) is 0. The molecule has 258 valence electrons. The van der Waals surface area contributed by atoms with E-state index in [-0.39, 0.29) is 0 Å². The van der Waals surface area contributed by atoms with Gasteiger partial charge in [0.25, 0.3) is 0 Å². The zero-order valence-electron chi connectivity index (χ0n) is 29.8. The Labute approximate surface area is 319 Å². The van der Waals surface area contributed by atoms with Crippen LogP contribution in [0.2, 0.25) is 0 Å². The molecule has 3 aromatic heterocycles. The van der Waals surface area contributed by atoms with E-state index in [0.717, 1.165) is 83.4 Å². The lowest BCUT2D eigenvalue weighted by Crippen LogP contribution is -1.97. The Morgan fingerprint density at radius 2 is 0.855 bits per heavy atom. The second-order valence-corrected chi connectivity index (χ2v) is 13.7. The molecule has 0 saturated heterocycles. The van der Waals surface area contributed by atoms with E-state index in [1.165, 1.54) is 11.1 Å². The number of pyridine rings is 1. The molecule has 0 fully saturated rings. The number of aromatic nitrogens is 3. The minimum atomic E-state index is 0.668. The standard InChI is InChI=1S/C51H33N3O/c1-3-11-34(12-4-1)35-21-23-36(24-22-35)41-30-42(44-18-10-19-46-45-17-7-8-20-49(45)55-50(44)46)32-43(31-41)48-33-47(53-51(54-48)38-13-5-2-6-14-38)40-16-9-15-39(29-40)37-25-27-52-28-26-37/h1-33H. The van der Waals surface area contributed by atoms with Crippen LogP contribution in [0.5, 0.6) is 0 Å². The van der Waals surface area contributed by atoms with Crippen molar-refractivity contribution in [3.05, 3.63) is 200 Å². The molecule has 0 aliphatic rings. The van der Waals surface area contributed by atoms with Gasteiger partial charge in [0.15, 0.2) is 5.82 Å². The van der Waals surface area contributed by atoms with Crippen molar-refractivity contribution >= 4 is 21.9 Å². The second-order valence-electron chi connectivity index (χ2n) is 13.7. The highest BCUT2D eigenvalue weighted by Gasteiger charge is 2.17. The van der Waals surface area contributed by atoms with Crippen LogP contribution in [-0.4, -0.2) is 15.0 Å². The summed E-state index contributed by atoms with van der Waals surface area (Å²) in [5.74, 6) is 0.668. The van der Waals surface area contributed by atoms with Crippen LogP contribution in [0.3, 0.4) is 0 Å². The Balaban J connectivity index is 1.18. The van der Waals surface area contributed by atoms with Crippen LogP contribution >= 0.6 is 0 Å². The van der Waals surface area contributed by atoms with Crippen molar-refractivity contribution in [1.82, 2.24) is 15.0 Å². The molecule has 0 saturated carbocycles. The van der Waals surface area contributed by atoms with E-state index < -0.39 is 0 Å². The van der Waals surface area contributed by atoms with Crippen LogP contribution in [0.25, 0.3) is 100 Å². The zero-order valence-corrected chi connectivity index (χ0v) is 29.8. The van der Waals surface area contributed by atoms with E-state index in [1.807, 2.05) is 60.9 Å². The van der Waals surface area contributed by atoms with Crippen molar-refractivity contribution in [2.45, 2.75) is 0 Å². The smallest absolute Gasteiger partial charge is 0.160 e. The fourth-order valence-electron chi connectivity index (χ4n) is 7.42. The van der Waals surface area contributed by atoms with Gasteiger partial charge < -0.3 is 4.42 Å². The molecule has 0 N–H and O–H groups in total. The van der Waals surface area contributed by atoms with E-state index in [4.69, 9.17) is 14.4 Å². The molecular weight excluding hydrogens is 671 g/mol. The number of rotatable bonds is 7. The second kappa shape index (κ2) is 13.8. The number of nitrogens with zero attached hydrogens (tertiary/aromatic N) is 3. The first kappa shape index (κ1) is 32.2. The molecule has 0 spiro atoms. The largest absolute Gasteiger partial charge is 0.455 e. The van der Waals surface area contributed by atoms with Crippen LogP contribution < -0.4 is 0 Å². The van der Waals surface area contributed by atoms with E-state index in [9.17, 15) is 0 Å². The fraction of sp³-hybridized carbons (Fsp3) is 0. The maximum atomic E-state index is 6.57. The quantitative estimate of drug-likeness (QED) is 0.166. The summed E-state index contributed by atoms with van der Waals surface area (Å²) in [6, 6.07) is 65.6. The number of para-hydroxylation sites is 2. The molecule has 0 unspecified atom stereocenters. The summed E-state index contributed by atoms with van der Waals surface area (Å²) in [6.07, 6.45) is 3.65. The van der Waals surface area contributed by atoms with Gasteiger partial charge in [0, 0.05) is 45.4 Å². The maximum absolute atomic E-state index is 6.57. The molecule has 55 heavy (non-hydrogen) atoms. The van der Waals surface area contributed by atoms with Gasteiger partial charge in [-0.2, -0.15) is 0 Å². The summed E-state index contributed by atoms with van der Waals surface area (Å²) in [7, 11) is 0. The van der Waals surface area contributed by atoms with Gasteiger partial charge >= 0.3 is 0 Å². The third-order valence-electron chi connectivity index (χ3n) is 10.2. The van der Waals surface area contributed by atoms with Gasteiger partial charge in [-0.15, -0.1) is 0 Å². The number of hydrogen-bond acceptors (Lipinski definition) is 4. The lowest BCUT2D eigenvalue weighted by atomic mass is 9.93. The Morgan fingerprint density at radius 3 is 1.64 bits per heavy atom. The van der Waals surface area contributed by atoms with Crippen molar-refractivity contribution in [1.29, 1.82) is 0 Å². The predicted octanol–water partition coefficient (Wildman–Crippen LogP) is 13.4. The molecule has 0 atom stereocenters. The summed E-state index contributed by atoms with van der Waals surface area (Å²) in [4.78, 5) is 14.6. The zero-order chi connectivity index (χ0) is 36.6. The van der Waals surface area contributed by atoms with Crippen LogP contribution in [0.1, 0.15) is 0 Å². The van der Waals surface area contributed by atoms with Gasteiger partial charge in [0.05, 0.1) is 11.4 Å². The highest BCUT2D eigenvalue weighted by Crippen LogP contribution is 2.40. The number of hydrogen-bond donors (Lipinski definition) is 0. The highest BCUT2D eigenvalue weighted by atomic mass is 16.3. The molecule has 0 radical (unpaired) electrons. The Kier molecular flexibility index (Phi) is 8.12. The van der Waals surface area contributed by atoms with Gasteiger partial charge in [0.2, 0.25) is 0 Å². The SMILES string of the molecule is c1ccc(-c2ccc(-c3cc(-c4cc(-c5cccc(-c6ccncc6)c5)nc(-c5ccccc5)n4)cc(-c4cccc5c4oc4ccccc45)c3)cc2)cc1. The van der Waals surface area contributed by atoms with Gasteiger partial charge in [-0.1, -0.05) is 140 Å². The molecular formula is C51H33N3O. The molecule has 7 aromatic carbocycles. The van der Waals surface area contributed by atoms with Gasteiger partial charge in [0.1, 0.15) is 11.2 Å². The summed E-state index contributed by atoms with van der Waals surface area (Å²) >= 11 is 0. The first-order valence-electron chi connectivity index (χ1n) is 18.4. The topological polar surface area (TPSA) is 51.8 Å². The molecule has 0 bridgehead atoms. The van der Waals surface area contributed by atoms with Gasteiger partial charge in [-0.25, -0.2) is 9.97 Å². The first-order valence-corrected chi connectivity index (χ1v) is 18.4. The minimum absolute atomic E-state index is 0.668. The number of furan rings is 1. The average molecular weight is 704 g/mol. The van der Waals surface area contributed by atoms with Gasteiger partial charge in [-0.05, 0) is 87.5 Å². The predicted molar refractivity (Wildman–Crippen MR) is 225 cm³/mol. The molecule has 4 nitrogen and oxygen atoms in total. The average Bonchev–Trinajstić information content (AvgIpc) is 3.66. The molecule has 10 rings (SSSR count). The van der Waals surface area contributed by atoms with Gasteiger partial charge in [-0.3, -0.25) is 4.98 Å². The van der Waals surface area contributed by atoms with E-state index in [1.54, 1.807) is 0 Å². The molecule has 0 amide bonds. The number of fused-ring (bicyclic) bond motifs is 3. The third-order valence-corrected chi connectivity index (χ3v) is 10.2. The summed E-state index contributed by atoms with van der Waals surface area (Å²) < 4.78 is 6.57. The van der Waals surface area contributed by atoms with Crippen LogP contribution in [-0.2, 0) is 0 Å². The van der Waals surface area contributed by atoms with Crippen molar-refractivity contribution in [3.8, 4) is 78.4 Å². The first-order chi connectivity index (χ1) is 27.2. The fourth-order valence-corrected chi connectivity index (χ4v) is 7.42. The van der Waals surface area contributed by atoms with E-state index >= 15 is 0 Å². The monoisotopic (exact) mass is 703 g/mol. The normalized spacial score (nSPS) is 11.3. The van der Waals surface area contributed by atoms with Crippen LogP contribution in [0, 0.1) is 0 Å². The lowest BCUT2D eigenvalue weighted by molar-refractivity contribution is 0.670. The highest BCUT2D eigenvalue weighted by molar-refractivity contribution is 6.09. The van der Waals surface area contributed by atoms with E-state index in [2.05, 4.69) is 145 Å². The van der Waals surface area contributed by atoms with Crippen LogP contribution in [0.4, 0.5) is 0 Å². The molecule has 4 heteroatoms. The third kappa shape index (κ3) is 6.26. The van der Waals surface area contributed by atoms with Crippen molar-refractivity contribution in [3.63, 3.8) is 0 Å². The van der Waals surface area contributed by atoms with Crippen molar-refractivity contribution < 1.29 is 4.42 Å². The molecule has 3 heterocycles. The summed E-state index contributed by atoms with van der Waals surface area (Å²) in [5.41, 5.74) is 15.2. The van der Waals surface area contributed by atoms with Crippen molar-refractivity contribution in [2.24, 2.45) is 0 Å². The summed E-state index contributed by atoms with van der Waals surface area (Å²) in [5, 5.41) is 2.20. The Hall–Kier alpha value is -7.43. The Morgan fingerprint density at radius 1 is 0.327 bits per heavy atom. The molecule has 10 aromatic rings. The minimum Gasteiger partial charge on any atom is -0.455 e. The molecule has 0 aliphatic heterocycles. The Bertz CT molecular complexity index is 2950. The van der Waals surface area contributed by atoms with E-state index in [0.29, 0.717) is 5.82 Å². The van der Waals surface area contributed by atoms with Crippen molar-refractivity contribution in [2.75, 3.05) is 0 Å². The van der Waals surface area contributed by atoms with Crippen LogP contribution in [0.15, 0.2) is 205 Å². The maximum Gasteiger partial charge on any atom is 0.160 e. The number of benzene rings is 7.